The highest BCUT2D eigenvalue weighted by molar-refractivity contribution is 6.19. The standard InChI is InChI=1S/C25H22N2O5/c1-30-21-14-12-19(13-15-21)22-16-25(32-26(22)17-18-8-4-2-5-9-18)23(28)27(24(29)31-25)20-10-6-3-7-11-20/h2-15,22H,16-17H2,1H3/t22-,25-/m1/s1. The van der Waals surface area contributed by atoms with Crippen LogP contribution < -0.4 is 9.64 Å². The van der Waals surface area contributed by atoms with Gasteiger partial charge in [-0.2, -0.15) is 5.06 Å². The number of rotatable bonds is 5. The van der Waals surface area contributed by atoms with Crippen LogP contribution in [0.3, 0.4) is 0 Å². The van der Waals surface area contributed by atoms with Gasteiger partial charge < -0.3 is 9.47 Å². The highest BCUT2D eigenvalue weighted by atomic mass is 16.8. The molecule has 0 bridgehead atoms. The summed E-state index contributed by atoms with van der Waals surface area (Å²) < 4.78 is 10.9. The van der Waals surface area contributed by atoms with E-state index in [4.69, 9.17) is 14.3 Å². The van der Waals surface area contributed by atoms with Crippen molar-refractivity contribution in [2.24, 2.45) is 0 Å². The van der Waals surface area contributed by atoms with Gasteiger partial charge in [-0.15, -0.1) is 0 Å². The predicted octanol–water partition coefficient (Wildman–Crippen LogP) is 4.45. The number of carbonyl (C=O) groups is 2. The number of amides is 2. The van der Waals surface area contributed by atoms with Crippen molar-refractivity contribution in [3.63, 3.8) is 0 Å². The van der Waals surface area contributed by atoms with E-state index in [1.54, 1.807) is 36.4 Å². The molecule has 3 aromatic rings. The van der Waals surface area contributed by atoms with Crippen LogP contribution in [0.2, 0.25) is 0 Å². The van der Waals surface area contributed by atoms with E-state index in [9.17, 15) is 9.59 Å². The van der Waals surface area contributed by atoms with Gasteiger partial charge in [0, 0.05) is 13.0 Å². The molecule has 7 heteroatoms. The second-order valence-corrected chi connectivity index (χ2v) is 7.74. The molecule has 162 valence electrons. The molecule has 2 fully saturated rings. The summed E-state index contributed by atoms with van der Waals surface area (Å²) in [6.07, 6.45) is -0.559. The Morgan fingerprint density at radius 2 is 1.59 bits per heavy atom. The zero-order chi connectivity index (χ0) is 22.1. The van der Waals surface area contributed by atoms with Gasteiger partial charge in [0.15, 0.2) is 0 Å². The maximum absolute atomic E-state index is 13.4. The smallest absolute Gasteiger partial charge is 0.424 e. The number of benzene rings is 3. The maximum atomic E-state index is 13.4. The molecule has 0 saturated carbocycles. The molecule has 2 atom stereocenters. The van der Waals surface area contributed by atoms with Gasteiger partial charge in [0.25, 0.3) is 0 Å². The van der Waals surface area contributed by atoms with Crippen molar-refractivity contribution in [1.29, 1.82) is 0 Å². The number of carbonyl (C=O) groups excluding carboxylic acids is 2. The fourth-order valence-corrected chi connectivity index (χ4v) is 4.13. The molecule has 2 saturated heterocycles. The number of hydrogen-bond acceptors (Lipinski definition) is 6. The van der Waals surface area contributed by atoms with Crippen molar-refractivity contribution in [3.05, 3.63) is 96.1 Å². The van der Waals surface area contributed by atoms with Crippen LogP contribution in [0.4, 0.5) is 10.5 Å². The topological polar surface area (TPSA) is 68.3 Å². The highest BCUT2D eigenvalue weighted by Crippen LogP contribution is 2.46. The molecule has 2 aliphatic rings. The molecule has 1 spiro atoms. The Morgan fingerprint density at radius 1 is 0.938 bits per heavy atom. The van der Waals surface area contributed by atoms with E-state index < -0.39 is 17.8 Å². The third-order valence-electron chi connectivity index (χ3n) is 5.73. The number of anilines is 1. The molecular formula is C25H22N2O5. The van der Waals surface area contributed by atoms with E-state index in [0.29, 0.717) is 12.2 Å². The summed E-state index contributed by atoms with van der Waals surface area (Å²) in [5.41, 5.74) is 2.39. The van der Waals surface area contributed by atoms with Crippen molar-refractivity contribution in [3.8, 4) is 5.75 Å². The Hall–Kier alpha value is -3.68. The van der Waals surface area contributed by atoms with E-state index >= 15 is 0 Å². The normalized spacial score (nSPS) is 23.0. The fraction of sp³-hybridized carbons (Fsp3) is 0.200. The van der Waals surface area contributed by atoms with Crippen LogP contribution in [0.15, 0.2) is 84.9 Å². The molecule has 7 nitrogen and oxygen atoms in total. The summed E-state index contributed by atoms with van der Waals surface area (Å²) in [5, 5.41) is 1.72. The first kappa shape index (κ1) is 20.2. The van der Waals surface area contributed by atoms with Gasteiger partial charge in [-0.3, -0.25) is 4.79 Å². The summed E-state index contributed by atoms with van der Waals surface area (Å²) in [4.78, 5) is 33.3. The molecule has 0 radical (unpaired) electrons. The lowest BCUT2D eigenvalue weighted by Gasteiger charge is -2.23. The molecule has 0 N–H and O–H groups in total. The Labute approximate surface area is 185 Å². The predicted molar refractivity (Wildman–Crippen MR) is 117 cm³/mol. The Bertz CT molecular complexity index is 1120. The largest absolute Gasteiger partial charge is 0.497 e. The van der Waals surface area contributed by atoms with Gasteiger partial charge in [-0.1, -0.05) is 60.7 Å². The molecule has 0 unspecified atom stereocenters. The van der Waals surface area contributed by atoms with Crippen LogP contribution >= 0.6 is 0 Å². The second kappa shape index (κ2) is 8.11. The van der Waals surface area contributed by atoms with E-state index in [0.717, 1.165) is 21.8 Å². The third kappa shape index (κ3) is 3.51. The molecular weight excluding hydrogens is 408 g/mol. The van der Waals surface area contributed by atoms with Gasteiger partial charge in [0.1, 0.15) is 5.75 Å². The minimum atomic E-state index is -1.70. The van der Waals surface area contributed by atoms with Gasteiger partial charge in [0.05, 0.1) is 18.8 Å². The Kier molecular flexibility index (Phi) is 5.13. The monoisotopic (exact) mass is 430 g/mol. The average Bonchev–Trinajstić information content (AvgIpc) is 3.30. The number of imide groups is 1. The van der Waals surface area contributed by atoms with Crippen LogP contribution in [-0.2, 0) is 20.9 Å². The Morgan fingerprint density at radius 3 is 2.25 bits per heavy atom. The fourth-order valence-electron chi connectivity index (χ4n) is 4.13. The van der Waals surface area contributed by atoms with Crippen molar-refractivity contribution >= 4 is 17.7 Å². The summed E-state index contributed by atoms with van der Waals surface area (Å²) in [7, 11) is 1.61. The third-order valence-corrected chi connectivity index (χ3v) is 5.73. The summed E-state index contributed by atoms with van der Waals surface area (Å²) in [5.74, 6) is -1.50. The molecule has 32 heavy (non-hydrogen) atoms. The lowest BCUT2D eigenvalue weighted by Crippen LogP contribution is -2.41. The molecule has 2 heterocycles. The van der Waals surface area contributed by atoms with Crippen LogP contribution in [0, 0.1) is 0 Å². The second-order valence-electron chi connectivity index (χ2n) is 7.74. The molecule has 2 aliphatic heterocycles. The van der Waals surface area contributed by atoms with Crippen molar-refractivity contribution in [1.82, 2.24) is 5.06 Å². The number of methoxy groups -OCH3 is 1. The van der Waals surface area contributed by atoms with E-state index in [1.165, 1.54) is 0 Å². The molecule has 0 aliphatic carbocycles. The number of hydrogen-bond donors (Lipinski definition) is 0. The first-order valence-corrected chi connectivity index (χ1v) is 10.4. The van der Waals surface area contributed by atoms with Crippen LogP contribution in [0.25, 0.3) is 0 Å². The number of nitrogens with zero attached hydrogens (tertiary/aromatic N) is 2. The number of para-hydroxylation sites is 1. The average molecular weight is 430 g/mol. The number of hydroxylamine groups is 2. The highest BCUT2D eigenvalue weighted by Gasteiger charge is 2.62. The first-order chi connectivity index (χ1) is 15.6. The Balaban J connectivity index is 1.49. The molecule has 2 amide bonds. The van der Waals surface area contributed by atoms with Crippen molar-refractivity contribution in [2.45, 2.75) is 24.8 Å². The van der Waals surface area contributed by atoms with Crippen LogP contribution in [-0.4, -0.2) is 30.0 Å². The summed E-state index contributed by atoms with van der Waals surface area (Å²) in [6, 6.07) is 25.8. The van der Waals surface area contributed by atoms with E-state index in [-0.39, 0.29) is 12.5 Å². The van der Waals surface area contributed by atoms with Crippen molar-refractivity contribution < 1.29 is 23.9 Å². The lowest BCUT2D eigenvalue weighted by molar-refractivity contribution is -0.266. The lowest BCUT2D eigenvalue weighted by atomic mass is 9.98. The maximum Gasteiger partial charge on any atom is 0.424 e. The molecule has 5 rings (SSSR count). The van der Waals surface area contributed by atoms with Gasteiger partial charge in [-0.25, -0.2) is 14.5 Å². The van der Waals surface area contributed by atoms with E-state index in [2.05, 4.69) is 0 Å². The van der Waals surface area contributed by atoms with Gasteiger partial charge >= 0.3 is 17.8 Å². The first-order valence-electron chi connectivity index (χ1n) is 10.4. The van der Waals surface area contributed by atoms with Crippen LogP contribution in [0.1, 0.15) is 23.6 Å². The SMILES string of the molecule is COc1ccc([C@H]2C[C@@]3(OC(=O)N(c4ccccc4)C3=O)ON2Cc2ccccc2)cc1. The zero-order valence-corrected chi connectivity index (χ0v) is 17.5. The number of ether oxygens (including phenoxy) is 2. The van der Waals surface area contributed by atoms with Gasteiger partial charge in [-0.05, 0) is 35.4 Å². The minimum Gasteiger partial charge on any atom is -0.497 e. The quantitative estimate of drug-likeness (QED) is 0.596. The van der Waals surface area contributed by atoms with Crippen LogP contribution in [0.5, 0.6) is 5.75 Å². The summed E-state index contributed by atoms with van der Waals surface area (Å²) >= 11 is 0. The summed E-state index contributed by atoms with van der Waals surface area (Å²) in [6.45, 7) is 0.426. The van der Waals surface area contributed by atoms with Crippen molar-refractivity contribution in [2.75, 3.05) is 12.0 Å². The molecule has 3 aromatic carbocycles. The van der Waals surface area contributed by atoms with E-state index in [1.807, 2.05) is 60.7 Å². The minimum absolute atomic E-state index is 0.181. The van der Waals surface area contributed by atoms with Gasteiger partial charge in [0.2, 0.25) is 0 Å². The zero-order valence-electron chi connectivity index (χ0n) is 17.5. The molecule has 0 aromatic heterocycles.